The molecule has 3 heterocycles. The van der Waals surface area contributed by atoms with Crippen molar-refractivity contribution in [1.29, 1.82) is 0 Å². The highest BCUT2D eigenvalue weighted by atomic mass is 32.1. The van der Waals surface area contributed by atoms with Gasteiger partial charge in [0.05, 0.1) is 23.5 Å². The highest BCUT2D eigenvalue weighted by Crippen LogP contribution is 2.28. The Morgan fingerprint density at radius 1 is 0.970 bits per heavy atom. The van der Waals surface area contributed by atoms with Gasteiger partial charge in [0.2, 0.25) is 5.91 Å². The summed E-state index contributed by atoms with van der Waals surface area (Å²) in [6.07, 6.45) is 4.03. The van der Waals surface area contributed by atoms with Crippen molar-refractivity contribution in [1.82, 2.24) is 20.1 Å². The number of carbonyl (C=O) groups is 1. The second-order valence-electron chi connectivity index (χ2n) is 7.63. The number of carbonyl (C=O) groups excluding carboxylic acids is 1. The summed E-state index contributed by atoms with van der Waals surface area (Å²) in [6.45, 7) is 1.22. The van der Waals surface area contributed by atoms with Crippen molar-refractivity contribution in [2.24, 2.45) is 0 Å². The van der Waals surface area contributed by atoms with Gasteiger partial charge in [0, 0.05) is 24.3 Å². The molecule has 0 bridgehead atoms. The summed E-state index contributed by atoms with van der Waals surface area (Å²) in [5.74, 6) is -0.0256. The first-order chi connectivity index (χ1) is 16.2. The number of benzene rings is 2. The summed E-state index contributed by atoms with van der Waals surface area (Å²) >= 11 is 3.24. The molecule has 0 saturated heterocycles. The Balaban J connectivity index is 1.22. The fraction of sp³-hybridized carbons (Fsp3) is 0.115. The highest BCUT2D eigenvalue weighted by molar-refractivity contribution is 7.20. The van der Waals surface area contributed by atoms with Gasteiger partial charge in [-0.2, -0.15) is 5.10 Å². The van der Waals surface area contributed by atoms with Crippen LogP contribution in [-0.4, -0.2) is 20.7 Å². The van der Waals surface area contributed by atoms with E-state index in [-0.39, 0.29) is 12.3 Å². The second-order valence-corrected chi connectivity index (χ2v) is 9.44. The molecule has 5 nitrogen and oxygen atoms in total. The topological polar surface area (TPSA) is 59.8 Å². The molecular weight excluding hydrogens is 448 g/mol. The molecule has 0 spiro atoms. The number of rotatable bonds is 8. The first kappa shape index (κ1) is 21.3. The van der Waals surface area contributed by atoms with E-state index in [1.165, 1.54) is 5.56 Å². The van der Waals surface area contributed by atoms with E-state index in [0.29, 0.717) is 6.54 Å². The molecule has 7 heteroatoms. The van der Waals surface area contributed by atoms with Crippen LogP contribution in [0.5, 0.6) is 0 Å². The van der Waals surface area contributed by atoms with E-state index in [9.17, 15) is 4.79 Å². The SMILES string of the molecule is O=C(Cc1csc(-c2cccs2)n1)NCc1ccccc1-c1ccc(Cn2cccn2)cc1. The molecule has 0 aliphatic heterocycles. The third-order valence-corrected chi connectivity index (χ3v) is 7.22. The highest BCUT2D eigenvalue weighted by Gasteiger charge is 2.11. The monoisotopic (exact) mass is 470 g/mol. The number of aromatic nitrogens is 3. The lowest BCUT2D eigenvalue weighted by atomic mass is 9.98. The molecule has 0 atom stereocenters. The van der Waals surface area contributed by atoms with Crippen molar-refractivity contribution in [3.8, 4) is 21.0 Å². The Morgan fingerprint density at radius 3 is 2.64 bits per heavy atom. The van der Waals surface area contributed by atoms with Crippen molar-refractivity contribution < 1.29 is 4.79 Å². The van der Waals surface area contributed by atoms with Crippen LogP contribution in [0.1, 0.15) is 16.8 Å². The van der Waals surface area contributed by atoms with Crippen molar-refractivity contribution >= 4 is 28.6 Å². The lowest BCUT2D eigenvalue weighted by Gasteiger charge is -2.12. The molecule has 1 N–H and O–H groups in total. The van der Waals surface area contributed by atoms with Crippen LogP contribution in [0.25, 0.3) is 21.0 Å². The average molecular weight is 471 g/mol. The Bertz CT molecular complexity index is 1320. The van der Waals surface area contributed by atoms with E-state index >= 15 is 0 Å². The van der Waals surface area contributed by atoms with Gasteiger partial charge >= 0.3 is 0 Å². The summed E-state index contributed by atoms with van der Waals surface area (Å²) in [5.41, 5.74) is 5.34. The van der Waals surface area contributed by atoms with Gasteiger partial charge in [-0.1, -0.05) is 54.6 Å². The minimum absolute atomic E-state index is 0.0256. The molecule has 0 saturated carbocycles. The standard InChI is InChI=1S/C26H22N4OS2/c31-25(15-22-18-33-26(29-22)24-7-3-14-32-24)27-16-21-5-1-2-6-23(21)20-10-8-19(9-11-20)17-30-13-4-12-28-30/h1-14,18H,15-17H2,(H,27,31). The fourth-order valence-electron chi connectivity index (χ4n) is 3.65. The Morgan fingerprint density at radius 2 is 1.85 bits per heavy atom. The number of thiazole rings is 1. The summed E-state index contributed by atoms with van der Waals surface area (Å²) in [6, 6.07) is 22.7. The summed E-state index contributed by atoms with van der Waals surface area (Å²) in [5, 5.41) is 12.3. The van der Waals surface area contributed by atoms with E-state index in [4.69, 9.17) is 0 Å². The van der Waals surface area contributed by atoms with Gasteiger partial charge in [-0.3, -0.25) is 9.48 Å². The molecule has 164 valence electrons. The molecule has 2 aromatic carbocycles. The molecule has 0 aliphatic rings. The lowest BCUT2D eigenvalue weighted by molar-refractivity contribution is -0.120. The maximum absolute atomic E-state index is 12.6. The Hall–Kier alpha value is -3.55. The number of thiophene rings is 1. The zero-order valence-corrected chi connectivity index (χ0v) is 19.5. The maximum atomic E-state index is 12.6. The minimum Gasteiger partial charge on any atom is -0.352 e. The van der Waals surface area contributed by atoms with Crippen LogP contribution in [0.2, 0.25) is 0 Å². The van der Waals surface area contributed by atoms with Crippen LogP contribution in [0.15, 0.2) is 89.9 Å². The summed E-state index contributed by atoms with van der Waals surface area (Å²) < 4.78 is 1.91. The molecule has 1 amide bonds. The van der Waals surface area contributed by atoms with Gasteiger partial charge in [0.25, 0.3) is 0 Å². The van der Waals surface area contributed by atoms with Gasteiger partial charge in [-0.25, -0.2) is 4.98 Å². The van der Waals surface area contributed by atoms with Crippen LogP contribution in [-0.2, 0) is 24.3 Å². The molecule has 3 aromatic heterocycles. The van der Waals surface area contributed by atoms with Crippen LogP contribution in [0, 0.1) is 0 Å². The van der Waals surface area contributed by atoms with Gasteiger partial charge in [-0.15, -0.1) is 22.7 Å². The Labute approximate surface area is 200 Å². The molecule has 33 heavy (non-hydrogen) atoms. The average Bonchev–Trinajstić information content (AvgIpc) is 3.61. The first-order valence-electron chi connectivity index (χ1n) is 10.6. The van der Waals surface area contributed by atoms with E-state index in [1.54, 1.807) is 28.9 Å². The summed E-state index contributed by atoms with van der Waals surface area (Å²) in [7, 11) is 0. The van der Waals surface area contributed by atoms with Gasteiger partial charge in [-0.05, 0) is 39.8 Å². The third-order valence-electron chi connectivity index (χ3n) is 5.29. The smallest absolute Gasteiger partial charge is 0.226 e. The van der Waals surface area contributed by atoms with Crippen LogP contribution in [0.4, 0.5) is 0 Å². The molecule has 0 aliphatic carbocycles. The maximum Gasteiger partial charge on any atom is 0.226 e. The number of amides is 1. The first-order valence-corrected chi connectivity index (χ1v) is 12.4. The number of nitrogens with zero attached hydrogens (tertiary/aromatic N) is 3. The number of hydrogen-bond acceptors (Lipinski definition) is 5. The van der Waals surface area contributed by atoms with Crippen molar-refractivity contribution in [2.45, 2.75) is 19.5 Å². The van der Waals surface area contributed by atoms with Crippen LogP contribution in [0.3, 0.4) is 0 Å². The molecular formula is C26H22N4OS2. The molecule has 5 rings (SSSR count). The largest absolute Gasteiger partial charge is 0.352 e. The Kier molecular flexibility index (Phi) is 6.41. The van der Waals surface area contributed by atoms with Crippen LogP contribution < -0.4 is 5.32 Å². The molecule has 0 radical (unpaired) electrons. The molecule has 5 aromatic rings. The predicted octanol–water partition coefficient (Wildman–Crippen LogP) is 5.64. The van der Waals surface area contributed by atoms with Crippen molar-refractivity contribution in [2.75, 3.05) is 0 Å². The minimum atomic E-state index is -0.0256. The molecule has 0 unspecified atom stereocenters. The van der Waals surface area contributed by atoms with Crippen LogP contribution >= 0.6 is 22.7 Å². The van der Waals surface area contributed by atoms with E-state index in [0.717, 1.165) is 38.8 Å². The predicted molar refractivity (Wildman–Crippen MR) is 134 cm³/mol. The molecule has 0 fully saturated rings. The van der Waals surface area contributed by atoms with Crippen molar-refractivity contribution in [3.63, 3.8) is 0 Å². The quantitative estimate of drug-likeness (QED) is 0.319. The van der Waals surface area contributed by atoms with E-state index < -0.39 is 0 Å². The normalized spacial score (nSPS) is 10.9. The second kappa shape index (κ2) is 9.94. The van der Waals surface area contributed by atoms with E-state index in [2.05, 4.69) is 51.8 Å². The zero-order valence-electron chi connectivity index (χ0n) is 17.8. The van der Waals surface area contributed by atoms with Crippen molar-refractivity contribution in [3.05, 3.63) is 107 Å². The lowest BCUT2D eigenvalue weighted by Crippen LogP contribution is -2.25. The number of hydrogen-bond donors (Lipinski definition) is 1. The van der Waals surface area contributed by atoms with Gasteiger partial charge in [0.1, 0.15) is 5.01 Å². The fourth-order valence-corrected chi connectivity index (χ4v) is 5.28. The van der Waals surface area contributed by atoms with Gasteiger partial charge < -0.3 is 5.32 Å². The zero-order chi connectivity index (χ0) is 22.5. The van der Waals surface area contributed by atoms with Gasteiger partial charge in [0.15, 0.2) is 0 Å². The summed E-state index contributed by atoms with van der Waals surface area (Å²) in [4.78, 5) is 18.3. The third kappa shape index (κ3) is 5.27. The van der Waals surface area contributed by atoms with E-state index in [1.807, 2.05) is 52.0 Å². The number of nitrogens with one attached hydrogen (secondary N) is 1.